The van der Waals surface area contributed by atoms with Crippen molar-refractivity contribution in [1.82, 2.24) is 10.2 Å². The first-order valence-electron chi connectivity index (χ1n) is 4.64. The fourth-order valence-corrected chi connectivity index (χ4v) is 1.34. The number of para-hydroxylation sites is 1. The lowest BCUT2D eigenvalue weighted by molar-refractivity contribution is -0.124. The van der Waals surface area contributed by atoms with E-state index in [0.717, 1.165) is 10.6 Å². The topological polar surface area (TPSA) is 61.4 Å². The van der Waals surface area contributed by atoms with Gasteiger partial charge in [0, 0.05) is 5.69 Å². The fraction of sp³-hybridized carbons (Fsp3) is 0.200. The molecule has 1 heterocycles. The lowest BCUT2D eigenvalue weighted by Gasteiger charge is -2.13. The number of carbonyl (C=O) groups excluding carboxylic acids is 2. The minimum Gasteiger partial charge on any atom is -0.367 e. The molecular formula is C10H11N3O2. The van der Waals surface area contributed by atoms with Gasteiger partial charge in [-0.05, 0) is 12.1 Å². The van der Waals surface area contributed by atoms with E-state index in [0.29, 0.717) is 0 Å². The van der Waals surface area contributed by atoms with Crippen LogP contribution in [0.2, 0.25) is 0 Å². The summed E-state index contributed by atoms with van der Waals surface area (Å²) in [5, 5.41) is 5.44. The maximum atomic E-state index is 11.2. The van der Waals surface area contributed by atoms with E-state index in [9.17, 15) is 9.59 Å². The fourth-order valence-electron chi connectivity index (χ4n) is 1.34. The van der Waals surface area contributed by atoms with Gasteiger partial charge < -0.3 is 10.6 Å². The van der Waals surface area contributed by atoms with Crippen LogP contribution in [0.1, 0.15) is 0 Å². The molecule has 0 aliphatic carbocycles. The van der Waals surface area contributed by atoms with Crippen LogP contribution < -0.4 is 10.6 Å². The number of imide groups is 1. The molecular weight excluding hydrogens is 194 g/mol. The molecule has 1 aliphatic heterocycles. The van der Waals surface area contributed by atoms with Crippen molar-refractivity contribution < 1.29 is 9.59 Å². The molecule has 2 rings (SSSR count). The van der Waals surface area contributed by atoms with Crippen LogP contribution in [0.15, 0.2) is 30.3 Å². The Hall–Kier alpha value is -2.04. The average molecular weight is 205 g/mol. The number of rotatable bonds is 3. The summed E-state index contributed by atoms with van der Waals surface area (Å²) < 4.78 is 0. The zero-order valence-corrected chi connectivity index (χ0v) is 8.06. The van der Waals surface area contributed by atoms with E-state index in [1.54, 1.807) is 0 Å². The van der Waals surface area contributed by atoms with Gasteiger partial charge in [0.05, 0.1) is 13.2 Å². The third-order valence-electron chi connectivity index (χ3n) is 2.15. The number of anilines is 1. The minimum atomic E-state index is -0.344. The number of hydrogen-bond acceptors (Lipinski definition) is 3. The van der Waals surface area contributed by atoms with Gasteiger partial charge in [0.25, 0.3) is 5.91 Å². The van der Waals surface area contributed by atoms with Crippen LogP contribution in [0.25, 0.3) is 0 Å². The summed E-state index contributed by atoms with van der Waals surface area (Å²) in [7, 11) is 0. The second-order valence-corrected chi connectivity index (χ2v) is 3.18. The summed E-state index contributed by atoms with van der Waals surface area (Å²) in [6.07, 6.45) is 0. The largest absolute Gasteiger partial charge is 0.367 e. The number of urea groups is 1. The first kappa shape index (κ1) is 9.51. The Kier molecular flexibility index (Phi) is 2.53. The Morgan fingerprint density at radius 1 is 1.27 bits per heavy atom. The Balaban J connectivity index is 1.93. The van der Waals surface area contributed by atoms with Crippen LogP contribution in [-0.2, 0) is 4.79 Å². The van der Waals surface area contributed by atoms with E-state index in [-0.39, 0.29) is 25.2 Å². The van der Waals surface area contributed by atoms with E-state index >= 15 is 0 Å². The molecule has 3 amide bonds. The van der Waals surface area contributed by atoms with Gasteiger partial charge in [0.15, 0.2) is 0 Å². The molecule has 0 radical (unpaired) electrons. The van der Waals surface area contributed by atoms with Gasteiger partial charge in [0.2, 0.25) is 0 Å². The monoisotopic (exact) mass is 205 g/mol. The number of nitrogens with one attached hydrogen (secondary N) is 2. The van der Waals surface area contributed by atoms with E-state index in [1.807, 2.05) is 30.3 Å². The maximum absolute atomic E-state index is 11.2. The van der Waals surface area contributed by atoms with Crippen molar-refractivity contribution in [3.63, 3.8) is 0 Å². The minimum absolute atomic E-state index is 0.0926. The highest BCUT2D eigenvalue weighted by atomic mass is 16.2. The van der Waals surface area contributed by atoms with Crippen LogP contribution >= 0.6 is 0 Å². The third kappa shape index (κ3) is 2.07. The van der Waals surface area contributed by atoms with Gasteiger partial charge in [-0.2, -0.15) is 0 Å². The molecule has 0 atom stereocenters. The number of nitrogens with zero attached hydrogens (tertiary/aromatic N) is 1. The summed E-state index contributed by atoms with van der Waals surface area (Å²) in [6, 6.07) is 9.07. The van der Waals surface area contributed by atoms with Gasteiger partial charge in [-0.25, -0.2) is 9.69 Å². The zero-order valence-electron chi connectivity index (χ0n) is 8.06. The van der Waals surface area contributed by atoms with Crippen molar-refractivity contribution in [1.29, 1.82) is 0 Å². The molecule has 0 bridgehead atoms. The summed E-state index contributed by atoms with van der Waals surface area (Å²) >= 11 is 0. The van der Waals surface area contributed by atoms with Crippen molar-refractivity contribution in [3.8, 4) is 0 Å². The molecule has 1 saturated heterocycles. The lowest BCUT2D eigenvalue weighted by atomic mass is 10.3. The Morgan fingerprint density at radius 3 is 2.60 bits per heavy atom. The Labute approximate surface area is 87.1 Å². The van der Waals surface area contributed by atoms with Crippen LogP contribution in [0.5, 0.6) is 0 Å². The highest BCUT2D eigenvalue weighted by molar-refractivity contribution is 6.02. The highest BCUT2D eigenvalue weighted by Crippen LogP contribution is 2.06. The Bertz CT molecular complexity index is 362. The van der Waals surface area contributed by atoms with Crippen LogP contribution in [0, 0.1) is 0 Å². The van der Waals surface area contributed by atoms with E-state index in [4.69, 9.17) is 0 Å². The van der Waals surface area contributed by atoms with E-state index in [1.165, 1.54) is 0 Å². The standard InChI is InChI=1S/C10H11N3O2/c14-9-6-11-10(15)13(9)7-12-8-4-2-1-3-5-8/h1-5,12H,6-7H2,(H,11,15). The summed E-state index contributed by atoms with van der Waals surface area (Å²) in [5.74, 6) is -0.205. The third-order valence-corrected chi connectivity index (χ3v) is 2.15. The van der Waals surface area contributed by atoms with Crippen molar-refractivity contribution in [2.75, 3.05) is 18.5 Å². The first-order chi connectivity index (χ1) is 7.27. The molecule has 0 unspecified atom stereocenters. The van der Waals surface area contributed by atoms with Crippen LogP contribution in [0.3, 0.4) is 0 Å². The number of hydrogen-bond donors (Lipinski definition) is 2. The number of amides is 3. The molecule has 1 fully saturated rings. The van der Waals surface area contributed by atoms with Gasteiger partial charge >= 0.3 is 6.03 Å². The maximum Gasteiger partial charge on any atom is 0.326 e. The molecule has 2 N–H and O–H groups in total. The molecule has 1 aromatic rings. The zero-order chi connectivity index (χ0) is 10.7. The van der Waals surface area contributed by atoms with Crippen LogP contribution in [0.4, 0.5) is 10.5 Å². The number of carbonyl (C=O) groups is 2. The molecule has 5 heteroatoms. The summed E-state index contributed by atoms with van der Waals surface area (Å²) in [5.41, 5.74) is 0.880. The van der Waals surface area contributed by atoms with Gasteiger partial charge in [-0.3, -0.25) is 4.79 Å². The van der Waals surface area contributed by atoms with E-state index < -0.39 is 0 Å². The quantitative estimate of drug-likeness (QED) is 0.710. The molecule has 0 aromatic heterocycles. The van der Waals surface area contributed by atoms with Crippen LogP contribution in [-0.4, -0.2) is 30.1 Å². The normalized spacial score (nSPS) is 15.3. The molecule has 1 aromatic carbocycles. The van der Waals surface area contributed by atoms with Gasteiger partial charge in [-0.15, -0.1) is 0 Å². The summed E-state index contributed by atoms with van der Waals surface area (Å²) in [6.45, 7) is 0.296. The summed E-state index contributed by atoms with van der Waals surface area (Å²) in [4.78, 5) is 23.5. The molecule has 15 heavy (non-hydrogen) atoms. The van der Waals surface area contributed by atoms with E-state index in [2.05, 4.69) is 10.6 Å². The molecule has 78 valence electrons. The predicted molar refractivity (Wildman–Crippen MR) is 55.2 cm³/mol. The van der Waals surface area contributed by atoms with Crippen molar-refractivity contribution >= 4 is 17.6 Å². The first-order valence-corrected chi connectivity index (χ1v) is 4.64. The second-order valence-electron chi connectivity index (χ2n) is 3.18. The lowest BCUT2D eigenvalue weighted by Crippen LogP contribution is -2.35. The highest BCUT2D eigenvalue weighted by Gasteiger charge is 2.27. The molecule has 5 nitrogen and oxygen atoms in total. The Morgan fingerprint density at radius 2 is 2.00 bits per heavy atom. The smallest absolute Gasteiger partial charge is 0.326 e. The van der Waals surface area contributed by atoms with Crippen molar-refractivity contribution in [3.05, 3.63) is 30.3 Å². The molecule has 0 saturated carbocycles. The predicted octanol–water partition coefficient (Wildman–Crippen LogP) is 0.608. The molecule has 0 spiro atoms. The van der Waals surface area contributed by atoms with Gasteiger partial charge in [-0.1, -0.05) is 18.2 Å². The van der Waals surface area contributed by atoms with Crippen molar-refractivity contribution in [2.24, 2.45) is 0 Å². The molecule has 1 aliphatic rings. The SMILES string of the molecule is O=C1CNC(=O)N1CNc1ccccc1. The second kappa shape index (κ2) is 4.00. The number of benzene rings is 1. The average Bonchev–Trinajstić information content (AvgIpc) is 2.58. The van der Waals surface area contributed by atoms with Gasteiger partial charge in [0.1, 0.15) is 0 Å². The van der Waals surface area contributed by atoms with Crippen molar-refractivity contribution in [2.45, 2.75) is 0 Å².